The Balaban J connectivity index is 2.20. The number of hydrogen-bond acceptors (Lipinski definition) is 0. The van der Waals surface area contributed by atoms with Gasteiger partial charge in [-0.25, -0.2) is 4.39 Å². The van der Waals surface area contributed by atoms with Gasteiger partial charge in [0.15, 0.2) is 0 Å². The highest BCUT2D eigenvalue weighted by Crippen LogP contribution is 2.42. The molecule has 51 valence electrons. The molecule has 2 atom stereocenters. The fourth-order valence-corrected chi connectivity index (χ4v) is 1.15. The predicted molar refractivity (Wildman–Crippen MR) is 37.5 cm³/mol. The normalized spacial score (nSPS) is 30.1. The van der Waals surface area contributed by atoms with Crippen molar-refractivity contribution in [2.45, 2.75) is 18.5 Å². The average molecular weight is 135 g/mol. The lowest BCUT2D eigenvalue weighted by molar-refractivity contribution is 0.468. The van der Waals surface area contributed by atoms with Crippen LogP contribution in [0.1, 0.15) is 17.9 Å². The molecule has 1 aliphatic rings. The summed E-state index contributed by atoms with van der Waals surface area (Å²) < 4.78 is 12.4. The quantitative estimate of drug-likeness (QED) is 0.554. The molecule has 0 aliphatic heterocycles. The van der Waals surface area contributed by atoms with Gasteiger partial charge in [0, 0.05) is 5.92 Å². The molecule has 0 saturated heterocycles. The zero-order valence-corrected chi connectivity index (χ0v) is 5.55. The summed E-state index contributed by atoms with van der Waals surface area (Å²) in [4.78, 5) is 0. The SMILES string of the molecule is FC1CC1c1c[c]ccc1. The van der Waals surface area contributed by atoms with E-state index in [1.165, 1.54) is 0 Å². The van der Waals surface area contributed by atoms with Crippen LogP contribution in [0.5, 0.6) is 0 Å². The fraction of sp³-hybridized carbons (Fsp3) is 0.333. The molecule has 10 heavy (non-hydrogen) atoms. The molecule has 2 rings (SSSR count). The number of alkyl halides is 1. The average Bonchev–Trinajstić information content (AvgIpc) is 2.69. The first-order valence-electron chi connectivity index (χ1n) is 3.48. The van der Waals surface area contributed by atoms with E-state index >= 15 is 0 Å². The second kappa shape index (κ2) is 2.08. The highest BCUT2D eigenvalue weighted by atomic mass is 19.1. The van der Waals surface area contributed by atoms with Crippen LogP contribution in [-0.4, -0.2) is 6.17 Å². The molecule has 1 aromatic carbocycles. The second-order valence-electron chi connectivity index (χ2n) is 2.69. The predicted octanol–water partition coefficient (Wildman–Crippen LogP) is 2.31. The maximum atomic E-state index is 12.4. The van der Waals surface area contributed by atoms with E-state index in [1.54, 1.807) is 0 Å². The molecule has 1 aliphatic carbocycles. The van der Waals surface area contributed by atoms with Gasteiger partial charge in [-0.3, -0.25) is 0 Å². The van der Waals surface area contributed by atoms with Crippen LogP contribution >= 0.6 is 0 Å². The molecule has 1 aromatic rings. The van der Waals surface area contributed by atoms with Crippen LogP contribution in [0.25, 0.3) is 0 Å². The zero-order valence-electron chi connectivity index (χ0n) is 5.55. The van der Waals surface area contributed by atoms with Crippen molar-refractivity contribution < 1.29 is 4.39 Å². The van der Waals surface area contributed by atoms with E-state index < -0.39 is 6.17 Å². The van der Waals surface area contributed by atoms with E-state index in [4.69, 9.17) is 0 Å². The minimum atomic E-state index is -0.587. The molecule has 2 unspecified atom stereocenters. The lowest BCUT2D eigenvalue weighted by Crippen LogP contribution is -1.79. The maximum absolute atomic E-state index is 12.4. The summed E-state index contributed by atoms with van der Waals surface area (Å²) in [5.41, 5.74) is 1.09. The third kappa shape index (κ3) is 0.919. The van der Waals surface area contributed by atoms with Crippen molar-refractivity contribution in [2.75, 3.05) is 0 Å². The minimum Gasteiger partial charge on any atom is -0.247 e. The van der Waals surface area contributed by atoms with Crippen LogP contribution in [0.4, 0.5) is 4.39 Å². The first kappa shape index (κ1) is 5.90. The Morgan fingerprint density at radius 3 is 2.90 bits per heavy atom. The smallest absolute Gasteiger partial charge is 0.108 e. The lowest BCUT2D eigenvalue weighted by Gasteiger charge is -1.92. The van der Waals surface area contributed by atoms with Gasteiger partial charge >= 0.3 is 0 Å². The van der Waals surface area contributed by atoms with E-state index in [0.717, 1.165) is 5.56 Å². The van der Waals surface area contributed by atoms with Gasteiger partial charge in [-0.1, -0.05) is 24.3 Å². The van der Waals surface area contributed by atoms with E-state index in [9.17, 15) is 4.39 Å². The molecule has 0 amide bonds. The summed E-state index contributed by atoms with van der Waals surface area (Å²) in [7, 11) is 0. The topological polar surface area (TPSA) is 0 Å². The van der Waals surface area contributed by atoms with Gasteiger partial charge in [0.05, 0.1) is 0 Å². The Hall–Kier alpha value is -0.850. The first-order chi connectivity index (χ1) is 4.88. The largest absolute Gasteiger partial charge is 0.247 e. The molecule has 1 fully saturated rings. The monoisotopic (exact) mass is 135 g/mol. The second-order valence-corrected chi connectivity index (χ2v) is 2.69. The van der Waals surface area contributed by atoms with Crippen molar-refractivity contribution in [2.24, 2.45) is 0 Å². The first-order valence-corrected chi connectivity index (χ1v) is 3.48. The van der Waals surface area contributed by atoms with E-state index in [1.807, 2.05) is 24.3 Å². The van der Waals surface area contributed by atoms with Crippen molar-refractivity contribution in [3.63, 3.8) is 0 Å². The van der Waals surface area contributed by atoms with Crippen LogP contribution < -0.4 is 0 Å². The van der Waals surface area contributed by atoms with Crippen LogP contribution in [0, 0.1) is 6.07 Å². The standard InChI is InChI=1S/C9H8F/c10-9-6-8(9)7-4-2-1-3-5-7/h1-2,4-5,8-9H,6H2. The van der Waals surface area contributed by atoms with Crippen LogP contribution in [-0.2, 0) is 0 Å². The van der Waals surface area contributed by atoms with Gasteiger partial charge in [-0.05, 0) is 18.1 Å². The van der Waals surface area contributed by atoms with Crippen LogP contribution in [0.3, 0.4) is 0 Å². The third-order valence-corrected chi connectivity index (χ3v) is 1.87. The molecule has 0 spiro atoms. The minimum absolute atomic E-state index is 0.178. The van der Waals surface area contributed by atoms with Gasteiger partial charge in [0.25, 0.3) is 0 Å². The fourth-order valence-electron chi connectivity index (χ4n) is 1.15. The maximum Gasteiger partial charge on any atom is 0.108 e. The molecular weight excluding hydrogens is 127 g/mol. The molecular formula is C9H8F. The number of hydrogen-bond donors (Lipinski definition) is 0. The summed E-state index contributed by atoms with van der Waals surface area (Å²) in [5, 5.41) is 0. The Labute approximate surface area is 59.7 Å². The van der Waals surface area contributed by atoms with Crippen molar-refractivity contribution in [1.29, 1.82) is 0 Å². The van der Waals surface area contributed by atoms with Gasteiger partial charge < -0.3 is 0 Å². The van der Waals surface area contributed by atoms with Gasteiger partial charge in [-0.15, -0.1) is 0 Å². The molecule has 0 nitrogen and oxygen atoms in total. The lowest BCUT2D eigenvalue weighted by atomic mass is 10.1. The number of rotatable bonds is 1. The summed E-state index contributed by atoms with van der Waals surface area (Å²) in [6.45, 7) is 0. The summed E-state index contributed by atoms with van der Waals surface area (Å²) in [6.07, 6.45) is 0.119. The highest BCUT2D eigenvalue weighted by molar-refractivity contribution is 5.25. The summed E-state index contributed by atoms with van der Waals surface area (Å²) >= 11 is 0. The molecule has 1 radical (unpaired) electrons. The van der Waals surface area contributed by atoms with Crippen molar-refractivity contribution in [3.8, 4) is 0 Å². The van der Waals surface area contributed by atoms with Gasteiger partial charge in [0.1, 0.15) is 6.17 Å². The van der Waals surface area contributed by atoms with Crippen LogP contribution in [0.2, 0.25) is 0 Å². The summed E-state index contributed by atoms with van der Waals surface area (Å²) in [5.74, 6) is 0.178. The van der Waals surface area contributed by atoms with Gasteiger partial charge in [0.2, 0.25) is 0 Å². The van der Waals surface area contributed by atoms with Crippen LogP contribution in [0.15, 0.2) is 24.3 Å². The van der Waals surface area contributed by atoms with Crippen molar-refractivity contribution in [1.82, 2.24) is 0 Å². The van der Waals surface area contributed by atoms with Crippen molar-refractivity contribution >= 4 is 0 Å². The van der Waals surface area contributed by atoms with E-state index in [0.29, 0.717) is 6.42 Å². The Bertz CT molecular complexity index is 217. The molecule has 0 heterocycles. The summed E-state index contributed by atoms with van der Waals surface area (Å²) in [6, 6.07) is 10.5. The molecule has 1 heteroatoms. The molecule has 0 aromatic heterocycles. The molecule has 0 bridgehead atoms. The Morgan fingerprint density at radius 1 is 1.60 bits per heavy atom. The number of benzene rings is 1. The molecule has 1 saturated carbocycles. The Kier molecular flexibility index (Phi) is 1.23. The molecule has 0 N–H and O–H groups in total. The third-order valence-electron chi connectivity index (χ3n) is 1.87. The number of halogens is 1. The highest BCUT2D eigenvalue weighted by Gasteiger charge is 2.38. The van der Waals surface area contributed by atoms with Crippen molar-refractivity contribution in [3.05, 3.63) is 35.9 Å². The van der Waals surface area contributed by atoms with E-state index in [-0.39, 0.29) is 5.92 Å². The zero-order chi connectivity index (χ0) is 6.97. The Morgan fingerprint density at radius 2 is 2.40 bits per heavy atom. The van der Waals surface area contributed by atoms with E-state index in [2.05, 4.69) is 6.07 Å². The van der Waals surface area contributed by atoms with Gasteiger partial charge in [-0.2, -0.15) is 0 Å².